The molecule has 2 rings (SSSR count). The largest absolute Gasteiger partial charge is 0.313 e. The number of nitrogens with one attached hydrogen (secondary N) is 2. The molecule has 0 radical (unpaired) electrons. The van der Waals surface area contributed by atoms with Gasteiger partial charge in [0.1, 0.15) is 0 Å². The highest BCUT2D eigenvalue weighted by atomic mass is 32.2. The van der Waals surface area contributed by atoms with Crippen LogP contribution in [-0.4, -0.2) is 29.8 Å². The minimum absolute atomic E-state index is 0.150. The molecule has 0 spiro atoms. The molecular formula is C10H13N5O2S2. The van der Waals surface area contributed by atoms with Crippen molar-refractivity contribution < 1.29 is 8.42 Å². The molecule has 0 saturated carbocycles. The van der Waals surface area contributed by atoms with Crippen molar-refractivity contribution in [2.45, 2.75) is 18.4 Å². The average Bonchev–Trinajstić information content (AvgIpc) is 2.89. The van der Waals surface area contributed by atoms with Gasteiger partial charge in [0, 0.05) is 18.1 Å². The molecule has 9 heteroatoms. The van der Waals surface area contributed by atoms with Crippen molar-refractivity contribution >= 4 is 26.7 Å². The normalized spacial score (nSPS) is 11.4. The van der Waals surface area contributed by atoms with E-state index in [1.165, 1.54) is 0 Å². The Morgan fingerprint density at radius 2 is 2.00 bits per heavy atom. The first kappa shape index (κ1) is 13.8. The number of sulfonamides is 1. The number of hydrogen-bond donors (Lipinski definition) is 2. The zero-order valence-electron chi connectivity index (χ0n) is 10.2. The molecule has 2 aromatic rings. The number of anilines is 1. The number of benzene rings is 1. The second kappa shape index (κ2) is 6.04. The molecule has 0 atom stereocenters. The fraction of sp³-hybridized carbons (Fsp3) is 0.300. The van der Waals surface area contributed by atoms with E-state index in [-0.39, 0.29) is 10.0 Å². The van der Waals surface area contributed by atoms with Crippen LogP contribution in [0.2, 0.25) is 0 Å². The monoisotopic (exact) mass is 299 g/mol. The van der Waals surface area contributed by atoms with Gasteiger partial charge >= 0.3 is 0 Å². The van der Waals surface area contributed by atoms with Crippen molar-refractivity contribution in [1.29, 1.82) is 0 Å². The fourth-order valence-electron chi connectivity index (χ4n) is 1.40. The molecule has 19 heavy (non-hydrogen) atoms. The summed E-state index contributed by atoms with van der Waals surface area (Å²) < 4.78 is 29.8. The molecule has 0 bridgehead atoms. The molecule has 0 fully saturated rings. The van der Waals surface area contributed by atoms with E-state index in [1.807, 2.05) is 6.92 Å². The van der Waals surface area contributed by atoms with E-state index in [0.29, 0.717) is 6.54 Å². The first-order valence-electron chi connectivity index (χ1n) is 5.59. The molecule has 0 amide bonds. The molecule has 0 unspecified atom stereocenters. The Morgan fingerprint density at radius 3 is 2.58 bits per heavy atom. The summed E-state index contributed by atoms with van der Waals surface area (Å²) in [5.41, 5.74) is 1.03. The van der Waals surface area contributed by atoms with Gasteiger partial charge in [-0.25, -0.2) is 8.42 Å². The molecule has 1 aromatic carbocycles. The van der Waals surface area contributed by atoms with E-state index in [0.717, 1.165) is 23.6 Å². The highest BCUT2D eigenvalue weighted by Gasteiger charge is 2.15. The van der Waals surface area contributed by atoms with Crippen molar-refractivity contribution in [3.63, 3.8) is 0 Å². The molecule has 0 aliphatic rings. The third-order valence-corrected chi connectivity index (χ3v) is 4.33. The summed E-state index contributed by atoms with van der Waals surface area (Å²) in [5, 5.41) is 10.2. The topological polar surface area (TPSA) is 96.9 Å². The van der Waals surface area contributed by atoms with Gasteiger partial charge in [0.2, 0.25) is 5.13 Å². The van der Waals surface area contributed by atoms with Crippen molar-refractivity contribution in [1.82, 2.24) is 20.1 Å². The molecule has 0 aliphatic carbocycles. The van der Waals surface area contributed by atoms with Crippen LogP contribution in [0.25, 0.3) is 0 Å². The minimum atomic E-state index is -3.62. The van der Waals surface area contributed by atoms with Gasteiger partial charge in [-0.2, -0.15) is 0 Å². The van der Waals surface area contributed by atoms with Gasteiger partial charge in [-0.15, -0.1) is 0 Å². The molecule has 0 saturated heterocycles. The first-order valence-corrected chi connectivity index (χ1v) is 7.85. The third-order valence-electron chi connectivity index (χ3n) is 2.33. The Bertz CT molecular complexity index is 610. The Morgan fingerprint density at radius 1 is 1.26 bits per heavy atom. The van der Waals surface area contributed by atoms with Gasteiger partial charge in [0.05, 0.1) is 4.90 Å². The standard InChI is InChI=1S/C10H13N5O2S2/c1-2-11-7-8-3-5-9(6-4-8)19(16,17)13-10-12-14-15-18-10/h3-6,11H,2,7H2,1H3,(H,12,13,15). The molecule has 0 aliphatic heterocycles. The predicted octanol–water partition coefficient (Wildman–Crippen LogP) is 0.843. The maximum Gasteiger partial charge on any atom is 0.263 e. The van der Waals surface area contributed by atoms with E-state index in [2.05, 4.69) is 24.8 Å². The quantitative estimate of drug-likeness (QED) is 0.820. The highest BCUT2D eigenvalue weighted by molar-refractivity contribution is 7.93. The lowest BCUT2D eigenvalue weighted by atomic mass is 10.2. The Hall–Kier alpha value is -1.58. The van der Waals surface area contributed by atoms with Gasteiger partial charge in [-0.3, -0.25) is 4.72 Å². The maximum atomic E-state index is 12.0. The molecule has 102 valence electrons. The minimum Gasteiger partial charge on any atom is -0.313 e. The van der Waals surface area contributed by atoms with Crippen LogP contribution in [0.15, 0.2) is 29.2 Å². The molecule has 1 heterocycles. The Kier molecular flexibility index (Phi) is 4.40. The SMILES string of the molecule is CCNCc1ccc(S(=O)(=O)Nc2nnns2)cc1. The third kappa shape index (κ3) is 3.69. The molecule has 1 aromatic heterocycles. The summed E-state index contributed by atoms with van der Waals surface area (Å²) in [6.07, 6.45) is 0. The van der Waals surface area contributed by atoms with Crippen molar-refractivity contribution in [2.75, 3.05) is 11.3 Å². The summed E-state index contributed by atoms with van der Waals surface area (Å²) in [4.78, 5) is 0.183. The van der Waals surface area contributed by atoms with Crippen LogP contribution in [0.1, 0.15) is 12.5 Å². The number of nitrogens with zero attached hydrogens (tertiary/aromatic N) is 3. The second-order valence-electron chi connectivity index (χ2n) is 3.70. The highest BCUT2D eigenvalue weighted by Crippen LogP contribution is 2.16. The van der Waals surface area contributed by atoms with Crippen molar-refractivity contribution in [2.24, 2.45) is 0 Å². The lowest BCUT2D eigenvalue weighted by molar-refractivity contribution is 0.601. The van der Waals surface area contributed by atoms with Crippen LogP contribution in [0.5, 0.6) is 0 Å². The van der Waals surface area contributed by atoms with Gasteiger partial charge in [0.25, 0.3) is 10.0 Å². The lowest BCUT2D eigenvalue weighted by Gasteiger charge is -2.06. The summed E-state index contributed by atoms with van der Waals surface area (Å²) in [7, 11) is -3.62. The first-order chi connectivity index (χ1) is 9.12. The lowest BCUT2D eigenvalue weighted by Crippen LogP contribution is -2.14. The number of rotatable bonds is 6. The van der Waals surface area contributed by atoms with Crippen LogP contribution < -0.4 is 10.0 Å². The number of hydrogen-bond acceptors (Lipinski definition) is 7. The van der Waals surface area contributed by atoms with E-state index >= 15 is 0 Å². The Balaban J connectivity index is 2.12. The van der Waals surface area contributed by atoms with Crippen LogP contribution in [0.4, 0.5) is 5.13 Å². The van der Waals surface area contributed by atoms with E-state index in [4.69, 9.17) is 0 Å². The van der Waals surface area contributed by atoms with Gasteiger partial charge in [-0.05, 0) is 29.5 Å². The fourth-order valence-corrected chi connectivity index (χ4v) is 2.99. The molecule has 7 nitrogen and oxygen atoms in total. The average molecular weight is 299 g/mol. The van der Waals surface area contributed by atoms with Gasteiger partial charge in [0.15, 0.2) is 0 Å². The van der Waals surface area contributed by atoms with Crippen molar-refractivity contribution in [3.05, 3.63) is 29.8 Å². The smallest absolute Gasteiger partial charge is 0.263 e. The maximum absolute atomic E-state index is 12.0. The van der Waals surface area contributed by atoms with Crippen LogP contribution in [0.3, 0.4) is 0 Å². The van der Waals surface area contributed by atoms with E-state index < -0.39 is 10.0 Å². The summed E-state index contributed by atoms with van der Waals surface area (Å²) in [6, 6.07) is 6.66. The molecular weight excluding hydrogens is 286 g/mol. The van der Waals surface area contributed by atoms with Gasteiger partial charge < -0.3 is 5.32 Å². The number of aromatic nitrogens is 3. The van der Waals surface area contributed by atoms with E-state index in [9.17, 15) is 8.42 Å². The summed E-state index contributed by atoms with van der Waals surface area (Å²) in [6.45, 7) is 3.59. The van der Waals surface area contributed by atoms with Gasteiger partial charge in [-0.1, -0.05) is 28.6 Å². The van der Waals surface area contributed by atoms with E-state index in [1.54, 1.807) is 24.3 Å². The second-order valence-corrected chi connectivity index (χ2v) is 6.11. The molecule has 2 N–H and O–H groups in total. The van der Waals surface area contributed by atoms with Crippen LogP contribution in [-0.2, 0) is 16.6 Å². The predicted molar refractivity (Wildman–Crippen MR) is 72.3 cm³/mol. The van der Waals surface area contributed by atoms with Crippen molar-refractivity contribution in [3.8, 4) is 0 Å². The summed E-state index contributed by atoms with van der Waals surface area (Å²) >= 11 is 0.886. The summed E-state index contributed by atoms with van der Waals surface area (Å²) in [5.74, 6) is 0. The zero-order chi connectivity index (χ0) is 13.7. The van der Waals surface area contributed by atoms with Crippen LogP contribution in [0, 0.1) is 0 Å². The Labute approximate surface area is 115 Å². The zero-order valence-corrected chi connectivity index (χ0v) is 11.8. The van der Waals surface area contributed by atoms with Crippen LogP contribution >= 0.6 is 11.5 Å².